The van der Waals surface area contributed by atoms with Gasteiger partial charge in [0, 0.05) is 12.6 Å². The van der Waals surface area contributed by atoms with Gasteiger partial charge in [-0.3, -0.25) is 9.59 Å². The van der Waals surface area contributed by atoms with Crippen LogP contribution < -0.4 is 14.8 Å². The van der Waals surface area contributed by atoms with Crippen molar-refractivity contribution in [2.75, 3.05) is 13.7 Å². The summed E-state index contributed by atoms with van der Waals surface area (Å²) in [6.07, 6.45) is 4.82. The molecule has 1 fully saturated rings. The Morgan fingerprint density at radius 3 is 2.47 bits per heavy atom. The Labute approximate surface area is 190 Å². The van der Waals surface area contributed by atoms with Crippen LogP contribution in [0.3, 0.4) is 0 Å². The molecular weight excluding hydrogens is 404 g/mol. The van der Waals surface area contributed by atoms with Crippen LogP contribution in [0.2, 0.25) is 0 Å². The quantitative estimate of drug-likeness (QED) is 0.602. The predicted molar refractivity (Wildman–Crippen MR) is 125 cm³/mol. The Morgan fingerprint density at radius 2 is 1.81 bits per heavy atom. The summed E-state index contributed by atoms with van der Waals surface area (Å²) < 4.78 is 11.1. The molecule has 0 aliphatic heterocycles. The molecule has 0 unspecified atom stereocenters. The molecule has 2 amide bonds. The SMILES string of the molecule is CC[C@@H](C(=O)NC1CCCC1)N(Cc1cccc(C)c1)C(=O)COc1ccccc1OC. The normalized spacial score (nSPS) is 14.6. The van der Waals surface area contributed by atoms with E-state index < -0.39 is 6.04 Å². The van der Waals surface area contributed by atoms with E-state index in [1.165, 1.54) is 0 Å². The fraction of sp³-hybridized carbons (Fsp3) is 0.462. The highest BCUT2D eigenvalue weighted by Gasteiger charge is 2.31. The Balaban J connectivity index is 1.77. The second-order valence-electron chi connectivity index (χ2n) is 8.36. The third-order valence-corrected chi connectivity index (χ3v) is 5.94. The second kappa shape index (κ2) is 11.6. The van der Waals surface area contributed by atoms with E-state index in [2.05, 4.69) is 5.32 Å². The number of hydrogen-bond acceptors (Lipinski definition) is 4. The number of methoxy groups -OCH3 is 1. The predicted octanol–water partition coefficient (Wildman–Crippen LogP) is 4.25. The number of carbonyl (C=O) groups is 2. The molecule has 0 aromatic heterocycles. The molecule has 32 heavy (non-hydrogen) atoms. The van der Waals surface area contributed by atoms with Gasteiger partial charge in [-0.2, -0.15) is 0 Å². The zero-order valence-electron chi connectivity index (χ0n) is 19.3. The molecule has 6 heteroatoms. The van der Waals surface area contributed by atoms with Gasteiger partial charge in [-0.1, -0.05) is 61.7 Å². The van der Waals surface area contributed by atoms with Gasteiger partial charge in [0.25, 0.3) is 5.91 Å². The van der Waals surface area contributed by atoms with Gasteiger partial charge in [-0.05, 0) is 43.9 Å². The maximum absolute atomic E-state index is 13.3. The van der Waals surface area contributed by atoms with E-state index in [0.29, 0.717) is 24.5 Å². The van der Waals surface area contributed by atoms with Crippen LogP contribution in [0.4, 0.5) is 0 Å². The molecule has 0 heterocycles. The van der Waals surface area contributed by atoms with Crippen molar-refractivity contribution >= 4 is 11.8 Å². The van der Waals surface area contributed by atoms with Crippen molar-refractivity contribution in [3.05, 3.63) is 59.7 Å². The molecular formula is C26H34N2O4. The molecule has 0 bridgehead atoms. The Kier molecular flexibility index (Phi) is 8.54. The summed E-state index contributed by atoms with van der Waals surface area (Å²) in [5.74, 6) is 0.752. The summed E-state index contributed by atoms with van der Waals surface area (Å²) in [5, 5.41) is 3.16. The largest absolute Gasteiger partial charge is 0.493 e. The van der Waals surface area contributed by atoms with Crippen LogP contribution >= 0.6 is 0 Å². The molecule has 172 valence electrons. The Morgan fingerprint density at radius 1 is 1.09 bits per heavy atom. The van der Waals surface area contributed by atoms with Crippen LogP contribution in [-0.4, -0.2) is 42.5 Å². The van der Waals surface area contributed by atoms with Crippen LogP contribution in [-0.2, 0) is 16.1 Å². The first-order valence-corrected chi connectivity index (χ1v) is 11.4. The van der Waals surface area contributed by atoms with Crippen LogP contribution in [0.25, 0.3) is 0 Å². The van der Waals surface area contributed by atoms with Crippen molar-refractivity contribution in [1.29, 1.82) is 0 Å². The highest BCUT2D eigenvalue weighted by molar-refractivity contribution is 5.88. The van der Waals surface area contributed by atoms with Crippen molar-refractivity contribution in [2.45, 2.75) is 64.6 Å². The van der Waals surface area contributed by atoms with Crippen LogP contribution in [0.15, 0.2) is 48.5 Å². The molecule has 6 nitrogen and oxygen atoms in total. The van der Waals surface area contributed by atoms with E-state index in [-0.39, 0.29) is 24.5 Å². The van der Waals surface area contributed by atoms with Gasteiger partial charge >= 0.3 is 0 Å². The van der Waals surface area contributed by atoms with Crippen molar-refractivity contribution in [3.8, 4) is 11.5 Å². The number of aryl methyl sites for hydroxylation is 1. The molecule has 0 spiro atoms. The molecule has 3 rings (SSSR count). The lowest BCUT2D eigenvalue weighted by atomic mass is 10.1. The third kappa shape index (κ3) is 6.25. The first kappa shape index (κ1) is 23.6. The molecule has 1 N–H and O–H groups in total. The molecule has 1 atom stereocenters. The van der Waals surface area contributed by atoms with Gasteiger partial charge in [0.1, 0.15) is 6.04 Å². The minimum Gasteiger partial charge on any atom is -0.493 e. The standard InChI is InChI=1S/C26H34N2O4/c1-4-22(26(30)27-21-12-5-6-13-21)28(17-20-11-9-10-19(2)16-20)25(29)18-32-24-15-8-7-14-23(24)31-3/h7-11,14-16,21-22H,4-6,12-13,17-18H2,1-3H3,(H,27,30)/t22-/m0/s1. The lowest BCUT2D eigenvalue weighted by Gasteiger charge is -2.31. The second-order valence-corrected chi connectivity index (χ2v) is 8.36. The van der Waals surface area contributed by atoms with E-state index in [4.69, 9.17) is 9.47 Å². The lowest BCUT2D eigenvalue weighted by molar-refractivity contribution is -0.143. The van der Waals surface area contributed by atoms with Gasteiger partial charge in [0.05, 0.1) is 7.11 Å². The number of nitrogens with zero attached hydrogens (tertiary/aromatic N) is 1. The molecule has 1 aliphatic rings. The van der Waals surface area contributed by atoms with Crippen molar-refractivity contribution in [2.24, 2.45) is 0 Å². The number of nitrogens with one attached hydrogen (secondary N) is 1. The van der Waals surface area contributed by atoms with Crippen LogP contribution in [0, 0.1) is 6.92 Å². The number of benzene rings is 2. The summed E-state index contributed by atoms with van der Waals surface area (Å²) in [7, 11) is 1.56. The molecule has 2 aromatic rings. The summed E-state index contributed by atoms with van der Waals surface area (Å²) in [5.41, 5.74) is 2.10. The number of amides is 2. The molecule has 2 aromatic carbocycles. The average Bonchev–Trinajstić information content (AvgIpc) is 3.30. The van der Waals surface area contributed by atoms with E-state index >= 15 is 0 Å². The van der Waals surface area contributed by atoms with Gasteiger partial charge in [-0.25, -0.2) is 0 Å². The van der Waals surface area contributed by atoms with Gasteiger partial charge in [0.2, 0.25) is 5.91 Å². The number of carbonyl (C=O) groups excluding carboxylic acids is 2. The molecule has 1 saturated carbocycles. The topological polar surface area (TPSA) is 67.9 Å². The van der Waals surface area contributed by atoms with E-state index in [1.807, 2.05) is 50.2 Å². The van der Waals surface area contributed by atoms with Crippen molar-refractivity contribution < 1.29 is 19.1 Å². The van der Waals surface area contributed by atoms with E-state index in [0.717, 1.165) is 36.8 Å². The van der Waals surface area contributed by atoms with Crippen molar-refractivity contribution in [1.82, 2.24) is 10.2 Å². The summed E-state index contributed by atoms with van der Waals surface area (Å²) in [6.45, 7) is 4.15. The van der Waals surface area contributed by atoms with Crippen molar-refractivity contribution in [3.63, 3.8) is 0 Å². The van der Waals surface area contributed by atoms with Gasteiger partial charge in [-0.15, -0.1) is 0 Å². The Bertz CT molecular complexity index is 908. The summed E-state index contributed by atoms with van der Waals surface area (Å²) in [6, 6.07) is 14.9. The monoisotopic (exact) mass is 438 g/mol. The first-order valence-electron chi connectivity index (χ1n) is 11.4. The fourth-order valence-corrected chi connectivity index (χ4v) is 4.25. The average molecular weight is 439 g/mol. The number of hydrogen-bond donors (Lipinski definition) is 1. The maximum Gasteiger partial charge on any atom is 0.261 e. The first-order chi connectivity index (χ1) is 15.5. The minimum absolute atomic E-state index is 0.0855. The zero-order chi connectivity index (χ0) is 22.9. The van der Waals surface area contributed by atoms with Gasteiger partial charge in [0.15, 0.2) is 18.1 Å². The highest BCUT2D eigenvalue weighted by atomic mass is 16.5. The minimum atomic E-state index is -0.551. The zero-order valence-corrected chi connectivity index (χ0v) is 19.3. The number of ether oxygens (including phenoxy) is 2. The lowest BCUT2D eigenvalue weighted by Crippen LogP contribution is -2.52. The maximum atomic E-state index is 13.3. The highest BCUT2D eigenvalue weighted by Crippen LogP contribution is 2.26. The molecule has 1 aliphatic carbocycles. The van der Waals surface area contributed by atoms with E-state index in [1.54, 1.807) is 24.1 Å². The Hall–Kier alpha value is -3.02. The summed E-state index contributed by atoms with van der Waals surface area (Å²) >= 11 is 0. The third-order valence-electron chi connectivity index (χ3n) is 5.94. The van der Waals surface area contributed by atoms with Crippen LogP contribution in [0.1, 0.15) is 50.2 Å². The summed E-state index contributed by atoms with van der Waals surface area (Å²) in [4.78, 5) is 28.1. The van der Waals surface area contributed by atoms with Crippen LogP contribution in [0.5, 0.6) is 11.5 Å². The smallest absolute Gasteiger partial charge is 0.261 e. The van der Waals surface area contributed by atoms with E-state index in [9.17, 15) is 9.59 Å². The van der Waals surface area contributed by atoms with Gasteiger partial charge < -0.3 is 19.7 Å². The molecule has 0 radical (unpaired) electrons. The number of para-hydroxylation sites is 2. The number of rotatable bonds is 10. The fourth-order valence-electron chi connectivity index (χ4n) is 4.25. The molecule has 0 saturated heterocycles.